The number of phenolic OH excluding ortho intramolecular Hbond substituents is 2. The number of likely N-dealkylation sites (tertiary alicyclic amines) is 1. The Morgan fingerprint density at radius 2 is 1.76 bits per heavy atom. The van der Waals surface area contributed by atoms with Crippen LogP contribution in [0.15, 0.2) is 51.7 Å². The Hall–Kier alpha value is -3.03. The molecule has 0 saturated carbocycles. The minimum atomic E-state index is -0.437. The summed E-state index contributed by atoms with van der Waals surface area (Å²) in [6.45, 7) is 6.50. The highest BCUT2D eigenvalue weighted by Crippen LogP contribution is 2.34. The van der Waals surface area contributed by atoms with Gasteiger partial charge in [-0.15, -0.1) is 0 Å². The van der Waals surface area contributed by atoms with E-state index in [2.05, 4.69) is 16.8 Å². The predicted octanol–water partition coefficient (Wildman–Crippen LogP) is 4.45. The van der Waals surface area contributed by atoms with Gasteiger partial charge >= 0.3 is 0 Å². The highest BCUT2D eigenvalue weighted by atomic mass is 16.5. The molecule has 0 unspecified atom stereocenters. The SMILES string of the molecule is CN(CCCCOc1ccc(-c2cc(=O)c3ccc(O)c(O)c3o2)cc1)CCN1CCCCC1. The van der Waals surface area contributed by atoms with E-state index in [4.69, 9.17) is 9.15 Å². The van der Waals surface area contributed by atoms with Crippen molar-refractivity contribution in [3.05, 3.63) is 52.7 Å². The highest BCUT2D eigenvalue weighted by Gasteiger charge is 2.14. The van der Waals surface area contributed by atoms with E-state index in [0.29, 0.717) is 17.9 Å². The van der Waals surface area contributed by atoms with E-state index in [1.165, 1.54) is 50.6 Å². The van der Waals surface area contributed by atoms with Gasteiger partial charge < -0.3 is 29.2 Å². The summed E-state index contributed by atoms with van der Waals surface area (Å²) in [6, 6.07) is 11.4. The molecule has 2 N–H and O–H groups in total. The Morgan fingerprint density at radius 3 is 2.53 bits per heavy atom. The van der Waals surface area contributed by atoms with Gasteiger partial charge in [0.2, 0.25) is 5.75 Å². The molecule has 0 amide bonds. The monoisotopic (exact) mass is 466 g/mol. The number of fused-ring (bicyclic) bond motifs is 1. The van der Waals surface area contributed by atoms with Crippen molar-refractivity contribution in [2.45, 2.75) is 32.1 Å². The number of nitrogens with zero attached hydrogens (tertiary/aromatic N) is 2. The van der Waals surface area contributed by atoms with Crippen LogP contribution in [-0.2, 0) is 0 Å². The molecule has 34 heavy (non-hydrogen) atoms. The van der Waals surface area contributed by atoms with Gasteiger partial charge in [0.25, 0.3) is 0 Å². The lowest BCUT2D eigenvalue weighted by molar-refractivity contribution is 0.193. The fraction of sp³-hybridized carbons (Fsp3) is 0.444. The van der Waals surface area contributed by atoms with Crippen LogP contribution in [0.4, 0.5) is 0 Å². The van der Waals surface area contributed by atoms with Gasteiger partial charge in [0.1, 0.15) is 11.5 Å². The summed E-state index contributed by atoms with van der Waals surface area (Å²) in [7, 11) is 2.19. The van der Waals surface area contributed by atoms with Gasteiger partial charge in [-0.1, -0.05) is 6.42 Å². The van der Waals surface area contributed by atoms with Gasteiger partial charge in [0.15, 0.2) is 16.8 Å². The quantitative estimate of drug-likeness (QED) is 0.337. The third-order valence-electron chi connectivity index (χ3n) is 6.44. The summed E-state index contributed by atoms with van der Waals surface area (Å²) in [5, 5.41) is 20.0. The lowest BCUT2D eigenvalue weighted by Crippen LogP contribution is -2.36. The van der Waals surface area contributed by atoms with Crippen molar-refractivity contribution in [3.63, 3.8) is 0 Å². The molecule has 7 heteroatoms. The Morgan fingerprint density at radius 1 is 1.00 bits per heavy atom. The van der Waals surface area contributed by atoms with E-state index in [1.807, 2.05) is 24.3 Å². The van der Waals surface area contributed by atoms with Crippen molar-refractivity contribution >= 4 is 11.0 Å². The molecule has 1 aliphatic heterocycles. The van der Waals surface area contributed by atoms with Crippen LogP contribution in [-0.4, -0.2) is 66.4 Å². The van der Waals surface area contributed by atoms with Crippen LogP contribution in [0.25, 0.3) is 22.3 Å². The van der Waals surface area contributed by atoms with Gasteiger partial charge in [-0.3, -0.25) is 4.79 Å². The largest absolute Gasteiger partial charge is 0.504 e. The number of rotatable bonds is 10. The van der Waals surface area contributed by atoms with E-state index in [-0.39, 0.29) is 22.1 Å². The highest BCUT2D eigenvalue weighted by molar-refractivity contribution is 5.86. The van der Waals surface area contributed by atoms with Crippen LogP contribution < -0.4 is 10.2 Å². The van der Waals surface area contributed by atoms with Crippen LogP contribution in [0.5, 0.6) is 17.2 Å². The zero-order valence-corrected chi connectivity index (χ0v) is 19.8. The summed E-state index contributed by atoms with van der Waals surface area (Å²) in [5.74, 6) is 0.307. The van der Waals surface area contributed by atoms with Crippen molar-refractivity contribution in [1.82, 2.24) is 9.80 Å². The normalized spacial score (nSPS) is 14.6. The maximum Gasteiger partial charge on any atom is 0.201 e. The van der Waals surface area contributed by atoms with Gasteiger partial charge in [0, 0.05) is 24.7 Å². The molecule has 1 fully saturated rings. The molecule has 2 aromatic carbocycles. The molecule has 2 heterocycles. The molecule has 0 bridgehead atoms. The number of phenols is 2. The third-order valence-corrected chi connectivity index (χ3v) is 6.44. The third kappa shape index (κ3) is 6.10. The van der Waals surface area contributed by atoms with Crippen molar-refractivity contribution in [2.75, 3.05) is 46.4 Å². The summed E-state index contributed by atoms with van der Waals surface area (Å²) < 4.78 is 11.6. The fourth-order valence-corrected chi connectivity index (χ4v) is 4.33. The van der Waals surface area contributed by atoms with E-state index < -0.39 is 5.75 Å². The summed E-state index contributed by atoms with van der Waals surface area (Å²) in [6.07, 6.45) is 6.13. The van der Waals surface area contributed by atoms with Crippen molar-refractivity contribution in [1.29, 1.82) is 0 Å². The Kier molecular flexibility index (Phi) is 8.08. The Balaban J connectivity index is 1.23. The lowest BCUT2D eigenvalue weighted by atomic mass is 10.1. The number of benzene rings is 2. The molecule has 0 atom stereocenters. The molecule has 182 valence electrons. The molecule has 3 aromatic rings. The fourth-order valence-electron chi connectivity index (χ4n) is 4.33. The van der Waals surface area contributed by atoms with Crippen LogP contribution in [0, 0.1) is 0 Å². The van der Waals surface area contributed by atoms with Gasteiger partial charge in [-0.05, 0) is 88.8 Å². The molecular weight excluding hydrogens is 432 g/mol. The number of hydrogen-bond acceptors (Lipinski definition) is 7. The summed E-state index contributed by atoms with van der Waals surface area (Å²) in [4.78, 5) is 17.4. The van der Waals surface area contributed by atoms with Crippen molar-refractivity contribution in [2.24, 2.45) is 0 Å². The molecule has 1 aromatic heterocycles. The molecule has 0 aliphatic carbocycles. The van der Waals surface area contributed by atoms with Gasteiger partial charge in [-0.2, -0.15) is 0 Å². The average Bonchev–Trinajstić information content (AvgIpc) is 2.86. The molecule has 0 radical (unpaired) electrons. The minimum Gasteiger partial charge on any atom is -0.504 e. The van der Waals surface area contributed by atoms with Gasteiger partial charge in [-0.25, -0.2) is 0 Å². The number of aromatic hydroxyl groups is 2. The first kappa shape index (κ1) is 24.1. The summed E-state index contributed by atoms with van der Waals surface area (Å²) in [5.41, 5.74) is 0.376. The number of piperidine rings is 1. The van der Waals surface area contributed by atoms with Crippen LogP contribution in [0.3, 0.4) is 0 Å². The molecule has 4 rings (SSSR count). The van der Waals surface area contributed by atoms with E-state index in [0.717, 1.165) is 38.2 Å². The maximum atomic E-state index is 12.4. The zero-order valence-electron chi connectivity index (χ0n) is 19.8. The molecule has 1 aliphatic rings. The average molecular weight is 467 g/mol. The number of unbranched alkanes of at least 4 members (excludes halogenated alkanes) is 1. The zero-order chi connectivity index (χ0) is 23.9. The van der Waals surface area contributed by atoms with Crippen LogP contribution >= 0.6 is 0 Å². The first-order valence-corrected chi connectivity index (χ1v) is 12.1. The Bertz CT molecular complexity index is 1140. The molecular formula is C27H34N2O5. The lowest BCUT2D eigenvalue weighted by Gasteiger charge is -2.28. The molecule has 1 saturated heterocycles. The minimum absolute atomic E-state index is 0.0243. The standard InChI is InChI=1S/C27H34N2O5/c1-28(16-17-29-14-3-2-4-15-29)13-5-6-18-33-21-9-7-20(8-10-21)25-19-24(31)22-11-12-23(30)26(32)27(22)34-25/h7-12,19,30,32H,2-6,13-18H2,1H3. The molecule has 0 spiro atoms. The Labute approximate surface area is 200 Å². The second-order valence-corrected chi connectivity index (χ2v) is 9.07. The first-order chi connectivity index (χ1) is 16.5. The van der Waals surface area contributed by atoms with Crippen molar-refractivity contribution in [3.8, 4) is 28.6 Å². The number of hydrogen-bond donors (Lipinski definition) is 2. The number of ether oxygens (including phenoxy) is 1. The van der Waals surface area contributed by atoms with Gasteiger partial charge in [0.05, 0.1) is 12.0 Å². The van der Waals surface area contributed by atoms with Crippen LogP contribution in [0.2, 0.25) is 0 Å². The predicted molar refractivity (Wildman–Crippen MR) is 134 cm³/mol. The van der Waals surface area contributed by atoms with E-state index in [9.17, 15) is 15.0 Å². The second kappa shape index (κ2) is 11.4. The van der Waals surface area contributed by atoms with Crippen LogP contribution in [0.1, 0.15) is 32.1 Å². The van der Waals surface area contributed by atoms with E-state index >= 15 is 0 Å². The second-order valence-electron chi connectivity index (χ2n) is 9.07. The summed E-state index contributed by atoms with van der Waals surface area (Å²) >= 11 is 0. The van der Waals surface area contributed by atoms with E-state index in [1.54, 1.807) is 0 Å². The number of likely N-dealkylation sites (N-methyl/N-ethyl adjacent to an activating group) is 1. The first-order valence-electron chi connectivity index (χ1n) is 12.1. The maximum absolute atomic E-state index is 12.4. The van der Waals surface area contributed by atoms with Crippen molar-refractivity contribution < 1.29 is 19.4 Å². The smallest absolute Gasteiger partial charge is 0.201 e. The molecule has 7 nitrogen and oxygen atoms in total. The topological polar surface area (TPSA) is 86.4 Å².